The molecule has 0 radical (unpaired) electrons. The normalized spacial score (nSPS) is 10.7. The zero-order valence-corrected chi connectivity index (χ0v) is 31.6. The van der Waals surface area contributed by atoms with Gasteiger partial charge in [-0.15, -0.1) is 0 Å². The van der Waals surface area contributed by atoms with Gasteiger partial charge in [0.2, 0.25) is 0 Å². The molecule has 0 bridgehead atoms. The lowest BCUT2D eigenvalue weighted by Crippen LogP contribution is -2.03. The molecule has 6 nitrogen and oxygen atoms in total. The van der Waals surface area contributed by atoms with Crippen LogP contribution in [0, 0.1) is 0 Å². The van der Waals surface area contributed by atoms with Gasteiger partial charge in [-0.2, -0.15) is 0 Å². The summed E-state index contributed by atoms with van der Waals surface area (Å²) in [6.45, 7) is 4.56. The molecule has 0 unspecified atom stereocenters. The second-order valence-electron chi connectivity index (χ2n) is 13.5. The number of benzene rings is 7. The second kappa shape index (κ2) is 19.6. The van der Waals surface area contributed by atoms with Crippen molar-refractivity contribution in [2.75, 3.05) is 0 Å². The predicted octanol–water partition coefficient (Wildman–Crippen LogP) is 12.0. The molecule has 0 aliphatic rings. The van der Waals surface area contributed by atoms with Gasteiger partial charge < -0.3 is 28.4 Å². The summed E-state index contributed by atoms with van der Waals surface area (Å²) in [6, 6.07) is 58.4. The Hall–Kier alpha value is -6.66. The molecule has 7 aromatic carbocycles. The maximum absolute atomic E-state index is 6.42. The molecule has 0 fully saturated rings. The summed E-state index contributed by atoms with van der Waals surface area (Å²) in [5.41, 5.74) is 7.33. The van der Waals surface area contributed by atoms with E-state index in [1.807, 2.05) is 115 Å². The SMILES string of the molecule is CCc1cc(OCc2cc(OCc3ccccc3)cc(OCc3ccccc3)c2)cc(OCc2cc(OCc3ccccc3)cc(OCc3ccccc3)c2)c1.[HH]. The molecule has 0 heterocycles. The zero-order valence-electron chi connectivity index (χ0n) is 31.6. The van der Waals surface area contributed by atoms with Crippen LogP contribution in [0.5, 0.6) is 34.5 Å². The first-order chi connectivity index (χ1) is 27.6. The minimum Gasteiger partial charge on any atom is -0.489 e. The molecule has 0 atom stereocenters. The van der Waals surface area contributed by atoms with E-state index in [4.69, 9.17) is 28.4 Å². The highest BCUT2D eigenvalue weighted by atomic mass is 16.5. The highest BCUT2D eigenvalue weighted by Crippen LogP contribution is 2.30. The first-order valence-corrected chi connectivity index (χ1v) is 19.0. The summed E-state index contributed by atoms with van der Waals surface area (Å²) < 4.78 is 37.7. The van der Waals surface area contributed by atoms with Crippen LogP contribution < -0.4 is 28.4 Å². The highest BCUT2D eigenvalue weighted by molar-refractivity contribution is 5.42. The van der Waals surface area contributed by atoms with E-state index in [-0.39, 0.29) is 1.43 Å². The van der Waals surface area contributed by atoms with Crippen LogP contribution >= 0.6 is 0 Å². The van der Waals surface area contributed by atoms with Crippen LogP contribution in [0.4, 0.5) is 0 Å². The molecule has 56 heavy (non-hydrogen) atoms. The molecular formula is C50H48O6. The van der Waals surface area contributed by atoms with E-state index in [2.05, 4.69) is 67.6 Å². The lowest BCUT2D eigenvalue weighted by molar-refractivity contribution is 0.276. The van der Waals surface area contributed by atoms with Crippen molar-refractivity contribution in [3.05, 3.63) is 215 Å². The average Bonchev–Trinajstić information content (AvgIpc) is 3.26. The summed E-state index contributed by atoms with van der Waals surface area (Å²) in [5.74, 6) is 4.29. The van der Waals surface area contributed by atoms with Gasteiger partial charge in [0.25, 0.3) is 0 Å². The van der Waals surface area contributed by atoms with Crippen molar-refractivity contribution in [3.8, 4) is 34.5 Å². The number of aryl methyl sites for hydroxylation is 1. The molecule has 0 spiro atoms. The third-order valence-electron chi connectivity index (χ3n) is 9.03. The fourth-order valence-electron chi connectivity index (χ4n) is 6.06. The van der Waals surface area contributed by atoms with Gasteiger partial charge in [-0.1, -0.05) is 128 Å². The van der Waals surface area contributed by atoms with Gasteiger partial charge in [0.15, 0.2) is 0 Å². The van der Waals surface area contributed by atoms with E-state index in [9.17, 15) is 0 Å². The van der Waals surface area contributed by atoms with Crippen molar-refractivity contribution < 1.29 is 29.8 Å². The summed E-state index contributed by atoms with van der Waals surface area (Å²) in [6.07, 6.45) is 0.828. The Labute approximate surface area is 331 Å². The molecule has 0 aliphatic heterocycles. The summed E-state index contributed by atoms with van der Waals surface area (Å²) >= 11 is 0. The standard InChI is InChI=1S/C50H46O6.H2/c1-2-38-23-45(55-36-43-25-47(51-32-39-15-7-3-8-16-39)30-48(26-43)52-33-40-17-9-4-10-18-40)29-46(24-38)56-37-44-27-49(53-34-41-19-11-5-12-20-41)31-50(28-44)54-35-42-21-13-6-14-22-42;/h3-31H,2,32-37H2,1H3;1H. The Morgan fingerprint density at radius 1 is 0.268 bits per heavy atom. The average molecular weight is 745 g/mol. The van der Waals surface area contributed by atoms with E-state index in [1.54, 1.807) is 0 Å². The largest absolute Gasteiger partial charge is 0.489 e. The lowest BCUT2D eigenvalue weighted by Gasteiger charge is -2.15. The minimum atomic E-state index is 0. The minimum absolute atomic E-state index is 0. The Morgan fingerprint density at radius 3 is 0.714 bits per heavy atom. The number of ether oxygens (including phenoxy) is 6. The molecule has 6 heteroatoms. The molecule has 0 amide bonds. The monoisotopic (exact) mass is 744 g/mol. The van der Waals surface area contributed by atoms with Crippen LogP contribution in [-0.4, -0.2) is 0 Å². The summed E-state index contributed by atoms with van der Waals surface area (Å²) in [5, 5.41) is 0. The highest BCUT2D eigenvalue weighted by Gasteiger charge is 2.10. The Balaban J connectivity index is 0.00000549. The Morgan fingerprint density at radius 2 is 0.482 bits per heavy atom. The van der Waals surface area contributed by atoms with E-state index >= 15 is 0 Å². The quantitative estimate of drug-likeness (QED) is 0.0822. The molecule has 284 valence electrons. The Bertz CT molecular complexity index is 1970. The van der Waals surface area contributed by atoms with Crippen molar-refractivity contribution >= 4 is 0 Å². The van der Waals surface area contributed by atoms with Crippen molar-refractivity contribution in [1.82, 2.24) is 0 Å². The van der Waals surface area contributed by atoms with Crippen LogP contribution in [0.3, 0.4) is 0 Å². The maximum atomic E-state index is 6.42. The molecule has 0 saturated carbocycles. The van der Waals surface area contributed by atoms with Gasteiger partial charge in [-0.25, -0.2) is 0 Å². The first-order valence-electron chi connectivity index (χ1n) is 19.0. The zero-order chi connectivity index (χ0) is 38.2. The Kier molecular flexibility index (Phi) is 13.2. The van der Waals surface area contributed by atoms with Crippen LogP contribution in [0.2, 0.25) is 0 Å². The molecule has 0 aromatic heterocycles. The van der Waals surface area contributed by atoms with Crippen molar-refractivity contribution in [3.63, 3.8) is 0 Å². The van der Waals surface area contributed by atoms with Gasteiger partial charge >= 0.3 is 0 Å². The van der Waals surface area contributed by atoms with Gasteiger partial charge in [-0.05, 0) is 81.8 Å². The van der Waals surface area contributed by atoms with Crippen LogP contribution in [0.15, 0.2) is 176 Å². The van der Waals surface area contributed by atoms with Crippen molar-refractivity contribution in [1.29, 1.82) is 0 Å². The fraction of sp³-hybridized carbons (Fsp3) is 0.160. The smallest absolute Gasteiger partial charge is 0.123 e. The van der Waals surface area contributed by atoms with E-state index < -0.39 is 0 Å². The predicted molar refractivity (Wildman–Crippen MR) is 223 cm³/mol. The maximum Gasteiger partial charge on any atom is 0.123 e. The summed E-state index contributed by atoms with van der Waals surface area (Å²) in [4.78, 5) is 0. The van der Waals surface area contributed by atoms with Gasteiger partial charge in [0, 0.05) is 19.6 Å². The molecule has 0 aliphatic carbocycles. The number of rotatable bonds is 19. The molecule has 0 N–H and O–H groups in total. The topological polar surface area (TPSA) is 55.4 Å². The van der Waals surface area contributed by atoms with E-state index in [1.165, 1.54) is 0 Å². The van der Waals surface area contributed by atoms with Crippen LogP contribution in [0.1, 0.15) is 47.3 Å². The molecule has 7 aromatic rings. The third-order valence-corrected chi connectivity index (χ3v) is 9.03. The van der Waals surface area contributed by atoms with Crippen LogP contribution in [-0.2, 0) is 46.1 Å². The molecule has 7 rings (SSSR count). The van der Waals surface area contributed by atoms with Crippen molar-refractivity contribution in [2.24, 2.45) is 0 Å². The van der Waals surface area contributed by atoms with Gasteiger partial charge in [0.1, 0.15) is 74.1 Å². The van der Waals surface area contributed by atoms with Gasteiger partial charge in [0.05, 0.1) is 0 Å². The number of hydrogen-bond acceptors (Lipinski definition) is 6. The lowest BCUT2D eigenvalue weighted by atomic mass is 10.1. The fourth-order valence-corrected chi connectivity index (χ4v) is 6.06. The van der Waals surface area contributed by atoms with E-state index in [0.717, 1.165) is 45.4 Å². The third kappa shape index (κ3) is 11.7. The van der Waals surface area contributed by atoms with Crippen LogP contribution in [0.25, 0.3) is 0 Å². The van der Waals surface area contributed by atoms with Crippen molar-refractivity contribution in [2.45, 2.75) is 53.0 Å². The number of hydrogen-bond donors (Lipinski definition) is 0. The first kappa shape index (κ1) is 37.6. The van der Waals surface area contributed by atoms with E-state index in [0.29, 0.717) is 74.1 Å². The molecule has 0 saturated heterocycles. The summed E-state index contributed by atoms with van der Waals surface area (Å²) in [7, 11) is 0. The second-order valence-corrected chi connectivity index (χ2v) is 13.5. The van der Waals surface area contributed by atoms with Gasteiger partial charge in [-0.3, -0.25) is 0 Å². The molecular weight excluding hydrogens is 697 g/mol.